The summed E-state index contributed by atoms with van der Waals surface area (Å²) in [6.07, 6.45) is -1.11. The first kappa shape index (κ1) is 20.1. The van der Waals surface area contributed by atoms with E-state index in [1.54, 1.807) is 48.5 Å². The number of esters is 1. The lowest BCUT2D eigenvalue weighted by atomic mass is 10.1. The normalized spacial score (nSPS) is 11.8. The molecule has 0 unspecified atom stereocenters. The van der Waals surface area contributed by atoms with Crippen molar-refractivity contribution in [2.24, 2.45) is 0 Å². The van der Waals surface area contributed by atoms with Crippen LogP contribution in [0.25, 0.3) is 11.1 Å². The van der Waals surface area contributed by atoms with Gasteiger partial charge in [-0.1, -0.05) is 12.1 Å². The number of hydrogen-bond donors (Lipinski definition) is 1. The van der Waals surface area contributed by atoms with Gasteiger partial charge >= 0.3 is 11.7 Å². The number of hydrogen-bond acceptors (Lipinski definition) is 6. The van der Waals surface area contributed by atoms with Crippen LogP contribution in [0.5, 0.6) is 0 Å². The van der Waals surface area contributed by atoms with Crippen LogP contribution in [-0.2, 0) is 20.9 Å². The van der Waals surface area contributed by atoms with Gasteiger partial charge in [0.05, 0.1) is 11.9 Å². The fourth-order valence-corrected chi connectivity index (χ4v) is 2.77. The minimum Gasteiger partial charge on any atom is -0.452 e. The molecule has 1 amide bonds. The maximum Gasteiger partial charge on any atom is 0.419 e. The molecular formula is C21H20N2O6. The van der Waals surface area contributed by atoms with Gasteiger partial charge in [0, 0.05) is 17.8 Å². The lowest BCUT2D eigenvalue weighted by Gasteiger charge is -2.13. The molecule has 3 rings (SSSR count). The predicted molar refractivity (Wildman–Crippen MR) is 106 cm³/mol. The highest BCUT2D eigenvalue weighted by Crippen LogP contribution is 2.13. The molecule has 0 saturated carbocycles. The summed E-state index contributed by atoms with van der Waals surface area (Å²) in [5.74, 6) is -1.75. The largest absolute Gasteiger partial charge is 0.452 e. The molecule has 2 aromatic carbocycles. The molecule has 8 nitrogen and oxygen atoms in total. The highest BCUT2D eigenvalue weighted by atomic mass is 16.5. The fourth-order valence-electron chi connectivity index (χ4n) is 2.77. The van der Waals surface area contributed by atoms with E-state index in [0.29, 0.717) is 22.4 Å². The summed E-state index contributed by atoms with van der Waals surface area (Å²) in [5.41, 5.74) is 2.04. The van der Waals surface area contributed by atoms with Crippen molar-refractivity contribution < 1.29 is 23.5 Å². The Labute approximate surface area is 166 Å². The average Bonchev–Trinajstić information content (AvgIpc) is 3.01. The number of amides is 1. The van der Waals surface area contributed by atoms with Crippen LogP contribution in [0, 0.1) is 0 Å². The van der Waals surface area contributed by atoms with Crippen molar-refractivity contribution in [3.8, 4) is 0 Å². The van der Waals surface area contributed by atoms with E-state index in [0.717, 1.165) is 0 Å². The number of ketones is 1. The number of oxazole rings is 1. The second-order valence-electron chi connectivity index (χ2n) is 6.49. The molecule has 1 aromatic heterocycles. The third-order valence-corrected chi connectivity index (χ3v) is 4.35. The van der Waals surface area contributed by atoms with Crippen molar-refractivity contribution in [1.29, 1.82) is 0 Å². The summed E-state index contributed by atoms with van der Waals surface area (Å²) in [4.78, 5) is 47.5. The van der Waals surface area contributed by atoms with Gasteiger partial charge in [-0.05, 0) is 50.2 Å². The van der Waals surface area contributed by atoms with Gasteiger partial charge < -0.3 is 14.5 Å². The summed E-state index contributed by atoms with van der Waals surface area (Å²) < 4.78 is 11.6. The van der Waals surface area contributed by atoms with E-state index in [1.807, 2.05) is 0 Å². The molecule has 1 atom stereocenters. The number of aryl methyl sites for hydroxylation is 1. The molecule has 0 fully saturated rings. The van der Waals surface area contributed by atoms with E-state index in [-0.39, 0.29) is 18.7 Å². The Hall–Kier alpha value is -3.68. The minimum atomic E-state index is -1.02. The van der Waals surface area contributed by atoms with Crippen molar-refractivity contribution in [2.75, 3.05) is 5.32 Å². The molecule has 0 bridgehead atoms. The van der Waals surface area contributed by atoms with Gasteiger partial charge in [0.15, 0.2) is 17.5 Å². The number of nitrogens with zero attached hydrogens (tertiary/aromatic N) is 1. The fraction of sp³-hybridized carbons (Fsp3) is 0.238. The van der Waals surface area contributed by atoms with Crippen molar-refractivity contribution in [2.45, 2.75) is 32.9 Å². The Morgan fingerprint density at radius 1 is 1.10 bits per heavy atom. The van der Waals surface area contributed by atoms with Crippen molar-refractivity contribution in [1.82, 2.24) is 4.57 Å². The molecule has 1 N–H and O–H groups in total. The minimum absolute atomic E-state index is 0.0744. The molecule has 150 valence electrons. The number of ether oxygens (including phenoxy) is 1. The first-order chi connectivity index (χ1) is 13.8. The van der Waals surface area contributed by atoms with Crippen LogP contribution in [-0.4, -0.2) is 28.3 Å². The molecule has 0 aliphatic rings. The third-order valence-electron chi connectivity index (χ3n) is 4.35. The zero-order valence-corrected chi connectivity index (χ0v) is 16.0. The summed E-state index contributed by atoms with van der Waals surface area (Å²) >= 11 is 0. The van der Waals surface area contributed by atoms with E-state index in [4.69, 9.17) is 9.15 Å². The SMILES string of the molecule is CC(=O)c1ccc(NC(=O)[C@H](C)OC(=O)CCn2c(=O)oc3ccccc32)cc1. The zero-order valence-electron chi connectivity index (χ0n) is 16.0. The lowest BCUT2D eigenvalue weighted by Crippen LogP contribution is -2.30. The Morgan fingerprint density at radius 3 is 2.48 bits per heavy atom. The average molecular weight is 396 g/mol. The van der Waals surface area contributed by atoms with Crippen LogP contribution in [0.3, 0.4) is 0 Å². The summed E-state index contributed by atoms with van der Waals surface area (Å²) in [7, 11) is 0. The van der Waals surface area contributed by atoms with E-state index in [2.05, 4.69) is 5.32 Å². The first-order valence-corrected chi connectivity index (χ1v) is 9.05. The Bertz CT molecular complexity index is 1110. The highest BCUT2D eigenvalue weighted by Gasteiger charge is 2.19. The second-order valence-corrected chi connectivity index (χ2v) is 6.49. The van der Waals surface area contributed by atoms with Gasteiger partial charge in [-0.2, -0.15) is 0 Å². The molecule has 8 heteroatoms. The van der Waals surface area contributed by atoms with Gasteiger partial charge in [0.25, 0.3) is 5.91 Å². The van der Waals surface area contributed by atoms with Crippen LogP contribution in [0.1, 0.15) is 30.6 Å². The van der Waals surface area contributed by atoms with Crippen LogP contribution in [0.15, 0.2) is 57.7 Å². The number of rotatable bonds is 7. The third kappa shape index (κ3) is 4.78. The van der Waals surface area contributed by atoms with Gasteiger partial charge in [0.1, 0.15) is 0 Å². The number of carbonyl (C=O) groups is 3. The molecule has 0 spiro atoms. The van der Waals surface area contributed by atoms with Gasteiger partial charge in [-0.3, -0.25) is 19.0 Å². The molecule has 0 saturated heterocycles. The first-order valence-electron chi connectivity index (χ1n) is 9.05. The number of fused-ring (bicyclic) bond motifs is 1. The van der Waals surface area contributed by atoms with E-state index in [9.17, 15) is 19.2 Å². The monoisotopic (exact) mass is 396 g/mol. The van der Waals surface area contributed by atoms with E-state index in [1.165, 1.54) is 18.4 Å². The van der Waals surface area contributed by atoms with Crippen molar-refractivity contribution in [3.63, 3.8) is 0 Å². The second kappa shape index (κ2) is 8.55. The Kier molecular flexibility index (Phi) is 5.92. The Balaban J connectivity index is 1.54. The molecular weight excluding hydrogens is 376 g/mol. The quantitative estimate of drug-likeness (QED) is 0.486. The van der Waals surface area contributed by atoms with Crippen LogP contribution in [0.2, 0.25) is 0 Å². The maximum absolute atomic E-state index is 12.2. The standard InChI is InChI=1S/C21H20N2O6/c1-13(24)15-7-9-16(10-8-15)22-20(26)14(2)28-19(25)11-12-23-17-5-3-4-6-18(17)29-21(23)27/h3-10,14H,11-12H2,1-2H3,(H,22,26)/t14-/m0/s1. The number of anilines is 1. The molecule has 29 heavy (non-hydrogen) atoms. The Morgan fingerprint density at radius 2 is 1.79 bits per heavy atom. The van der Waals surface area contributed by atoms with Crippen molar-refractivity contribution in [3.05, 3.63) is 64.6 Å². The topological polar surface area (TPSA) is 108 Å². The highest BCUT2D eigenvalue weighted by molar-refractivity contribution is 5.97. The summed E-state index contributed by atoms with van der Waals surface area (Å²) in [6, 6.07) is 13.3. The van der Waals surface area contributed by atoms with E-state index < -0.39 is 23.7 Å². The molecule has 1 heterocycles. The number of para-hydroxylation sites is 2. The molecule has 0 aliphatic heterocycles. The molecule has 0 aliphatic carbocycles. The van der Waals surface area contributed by atoms with Crippen LogP contribution in [0.4, 0.5) is 5.69 Å². The molecule has 3 aromatic rings. The summed E-state index contributed by atoms with van der Waals surface area (Å²) in [6.45, 7) is 2.99. The van der Waals surface area contributed by atoms with Crippen LogP contribution >= 0.6 is 0 Å². The number of nitrogens with one attached hydrogen (secondary N) is 1. The lowest BCUT2D eigenvalue weighted by molar-refractivity contribution is -0.153. The smallest absolute Gasteiger partial charge is 0.419 e. The van der Waals surface area contributed by atoms with E-state index >= 15 is 0 Å². The molecule has 0 radical (unpaired) electrons. The predicted octanol–water partition coefficient (Wildman–Crippen LogP) is 2.76. The van der Waals surface area contributed by atoms with Gasteiger partial charge in [0.2, 0.25) is 0 Å². The van der Waals surface area contributed by atoms with Gasteiger partial charge in [-0.15, -0.1) is 0 Å². The number of benzene rings is 2. The maximum atomic E-state index is 12.2. The number of carbonyl (C=O) groups excluding carboxylic acids is 3. The number of aromatic nitrogens is 1. The summed E-state index contributed by atoms with van der Waals surface area (Å²) in [5, 5.41) is 2.62. The van der Waals surface area contributed by atoms with Crippen LogP contribution < -0.4 is 11.1 Å². The van der Waals surface area contributed by atoms with Crippen molar-refractivity contribution >= 4 is 34.4 Å². The number of Topliss-reactive ketones (excluding diaryl/α,β-unsaturated/α-hetero) is 1. The van der Waals surface area contributed by atoms with Gasteiger partial charge in [-0.25, -0.2) is 4.79 Å². The zero-order chi connectivity index (χ0) is 21.0.